The van der Waals surface area contributed by atoms with Crippen LogP contribution in [0.1, 0.15) is 64.2 Å². The number of hydrogen-bond donors (Lipinski definition) is 1. The van der Waals surface area contributed by atoms with Crippen molar-refractivity contribution in [3.8, 4) is 0 Å². The summed E-state index contributed by atoms with van der Waals surface area (Å²) in [4.78, 5) is 0. The smallest absolute Gasteiger partial charge is 0.0101 e. The Balaban J connectivity index is 1.50. The van der Waals surface area contributed by atoms with Crippen molar-refractivity contribution in [2.24, 2.45) is 41.2 Å². The maximum Gasteiger partial charge on any atom is 0.0101 e. The molecule has 0 aromatic rings. The molecule has 0 spiro atoms. The van der Waals surface area contributed by atoms with Crippen LogP contribution in [0.5, 0.6) is 0 Å². The Labute approximate surface area is 112 Å². The molecular weight excluding hydrogens is 218 g/mol. The molecule has 5 saturated carbocycles. The zero-order valence-corrected chi connectivity index (χ0v) is 11.7. The zero-order chi connectivity index (χ0) is 12.1. The second kappa shape index (κ2) is 4.51. The molecule has 102 valence electrons. The lowest BCUT2D eigenvalue weighted by molar-refractivity contribution is -0.0564. The van der Waals surface area contributed by atoms with E-state index in [2.05, 4.69) is 0 Å². The second-order valence-electron chi connectivity index (χ2n) is 7.98. The van der Waals surface area contributed by atoms with E-state index in [0.29, 0.717) is 6.04 Å². The van der Waals surface area contributed by atoms with Crippen LogP contribution in [0.25, 0.3) is 0 Å². The van der Waals surface area contributed by atoms with E-state index < -0.39 is 0 Å². The quantitative estimate of drug-likeness (QED) is 0.785. The minimum absolute atomic E-state index is 0.556. The average Bonchev–Trinajstić information content (AvgIpc) is 2.38. The van der Waals surface area contributed by atoms with Crippen molar-refractivity contribution in [1.82, 2.24) is 0 Å². The van der Waals surface area contributed by atoms with Gasteiger partial charge >= 0.3 is 0 Å². The summed E-state index contributed by atoms with van der Waals surface area (Å²) in [5.74, 6) is 6.04. The van der Waals surface area contributed by atoms with Crippen LogP contribution in [-0.2, 0) is 0 Å². The summed E-state index contributed by atoms with van der Waals surface area (Å²) in [5, 5.41) is 0. The summed E-state index contributed by atoms with van der Waals surface area (Å²) in [6.45, 7) is 0. The molecule has 0 aliphatic heterocycles. The molecule has 0 saturated heterocycles. The van der Waals surface area contributed by atoms with Crippen LogP contribution < -0.4 is 5.73 Å². The molecule has 4 bridgehead atoms. The van der Waals surface area contributed by atoms with Gasteiger partial charge < -0.3 is 5.73 Å². The highest BCUT2D eigenvalue weighted by Gasteiger charge is 2.50. The number of nitrogens with two attached hydrogens (primary N) is 1. The third-order valence-corrected chi connectivity index (χ3v) is 6.94. The maximum absolute atomic E-state index is 6.77. The van der Waals surface area contributed by atoms with Gasteiger partial charge in [-0.2, -0.15) is 0 Å². The summed E-state index contributed by atoms with van der Waals surface area (Å²) in [7, 11) is 0. The predicted octanol–water partition coefficient (Wildman–Crippen LogP) is 3.97. The molecule has 5 aliphatic rings. The van der Waals surface area contributed by atoms with E-state index in [9.17, 15) is 0 Å². The lowest BCUT2D eigenvalue weighted by atomic mass is 9.49. The Morgan fingerprint density at radius 1 is 0.722 bits per heavy atom. The third-order valence-electron chi connectivity index (χ3n) is 6.94. The van der Waals surface area contributed by atoms with Crippen LogP contribution in [0.4, 0.5) is 0 Å². The number of rotatable bonds is 2. The van der Waals surface area contributed by atoms with E-state index in [4.69, 9.17) is 5.73 Å². The van der Waals surface area contributed by atoms with E-state index in [0.717, 1.165) is 35.5 Å². The molecule has 5 rings (SSSR count). The molecule has 1 heteroatoms. The van der Waals surface area contributed by atoms with Gasteiger partial charge in [-0.15, -0.1) is 0 Å². The van der Waals surface area contributed by atoms with Crippen molar-refractivity contribution in [1.29, 1.82) is 0 Å². The van der Waals surface area contributed by atoms with Crippen molar-refractivity contribution in [2.45, 2.75) is 70.3 Å². The van der Waals surface area contributed by atoms with Crippen molar-refractivity contribution in [3.63, 3.8) is 0 Å². The number of hydrogen-bond acceptors (Lipinski definition) is 1. The van der Waals surface area contributed by atoms with Crippen LogP contribution >= 0.6 is 0 Å². The van der Waals surface area contributed by atoms with Gasteiger partial charge in [-0.3, -0.25) is 0 Å². The Hall–Kier alpha value is -0.0400. The minimum atomic E-state index is 0.556. The van der Waals surface area contributed by atoms with Gasteiger partial charge in [0.1, 0.15) is 0 Å². The summed E-state index contributed by atoms with van der Waals surface area (Å²) < 4.78 is 0. The summed E-state index contributed by atoms with van der Waals surface area (Å²) >= 11 is 0. The largest absolute Gasteiger partial charge is 0.327 e. The molecule has 0 aromatic heterocycles. The van der Waals surface area contributed by atoms with Crippen molar-refractivity contribution < 1.29 is 0 Å². The Morgan fingerprint density at radius 2 is 1.28 bits per heavy atom. The van der Waals surface area contributed by atoms with Gasteiger partial charge in [0, 0.05) is 6.04 Å². The first-order valence-electron chi connectivity index (χ1n) is 8.57. The van der Waals surface area contributed by atoms with Crippen molar-refractivity contribution in [2.75, 3.05) is 0 Å². The van der Waals surface area contributed by atoms with E-state index in [1.165, 1.54) is 57.8 Å². The van der Waals surface area contributed by atoms with Gasteiger partial charge in [-0.1, -0.05) is 19.3 Å². The molecule has 5 fully saturated rings. The minimum Gasteiger partial charge on any atom is -0.327 e. The maximum atomic E-state index is 6.77. The second-order valence-corrected chi connectivity index (χ2v) is 7.98. The Bertz CT molecular complexity index is 277. The van der Waals surface area contributed by atoms with E-state index >= 15 is 0 Å². The SMILES string of the molecule is NC(C1CCCCC1)C1C2CC3CC(C2)CC1C3. The highest BCUT2D eigenvalue weighted by Crippen LogP contribution is 2.58. The first-order valence-corrected chi connectivity index (χ1v) is 8.57. The van der Waals surface area contributed by atoms with Crippen LogP contribution in [0.15, 0.2) is 0 Å². The lowest BCUT2D eigenvalue weighted by Gasteiger charge is -2.57. The van der Waals surface area contributed by atoms with Crippen LogP contribution in [0, 0.1) is 35.5 Å². The van der Waals surface area contributed by atoms with E-state index in [1.807, 2.05) is 0 Å². The average molecular weight is 247 g/mol. The molecule has 0 amide bonds. The Morgan fingerprint density at radius 3 is 1.83 bits per heavy atom. The molecule has 1 atom stereocenters. The molecule has 2 N–H and O–H groups in total. The summed E-state index contributed by atoms with van der Waals surface area (Å²) in [5.41, 5.74) is 6.77. The standard InChI is InChI=1S/C17H29N/c18-17(13-4-2-1-3-5-13)16-14-7-11-6-12(9-14)10-15(16)8-11/h11-17H,1-10,18H2. The van der Waals surface area contributed by atoms with E-state index in [1.54, 1.807) is 6.42 Å². The fraction of sp³-hybridized carbons (Fsp3) is 1.00. The van der Waals surface area contributed by atoms with Crippen LogP contribution in [-0.4, -0.2) is 6.04 Å². The molecule has 5 aliphatic carbocycles. The molecular formula is C17H29N. The molecule has 0 aromatic carbocycles. The third kappa shape index (κ3) is 1.85. The fourth-order valence-corrected chi connectivity index (χ4v) is 6.43. The predicted molar refractivity (Wildman–Crippen MR) is 75.1 cm³/mol. The fourth-order valence-electron chi connectivity index (χ4n) is 6.43. The molecule has 1 unspecified atom stereocenters. The van der Waals surface area contributed by atoms with Gasteiger partial charge in [0.2, 0.25) is 0 Å². The molecule has 18 heavy (non-hydrogen) atoms. The lowest BCUT2D eigenvalue weighted by Crippen LogP contribution is -2.54. The Kier molecular flexibility index (Phi) is 2.94. The van der Waals surface area contributed by atoms with E-state index in [-0.39, 0.29) is 0 Å². The van der Waals surface area contributed by atoms with Gasteiger partial charge in [0.05, 0.1) is 0 Å². The van der Waals surface area contributed by atoms with Crippen molar-refractivity contribution >= 4 is 0 Å². The normalized spacial score (nSPS) is 49.5. The monoisotopic (exact) mass is 247 g/mol. The van der Waals surface area contributed by atoms with Gasteiger partial charge in [0.15, 0.2) is 0 Å². The van der Waals surface area contributed by atoms with Crippen LogP contribution in [0.2, 0.25) is 0 Å². The van der Waals surface area contributed by atoms with Crippen LogP contribution in [0.3, 0.4) is 0 Å². The first-order chi connectivity index (χ1) is 8.81. The van der Waals surface area contributed by atoms with Crippen molar-refractivity contribution in [3.05, 3.63) is 0 Å². The molecule has 0 radical (unpaired) electrons. The molecule has 0 heterocycles. The topological polar surface area (TPSA) is 26.0 Å². The van der Waals surface area contributed by atoms with Gasteiger partial charge in [-0.05, 0) is 80.5 Å². The molecule has 1 nitrogen and oxygen atoms in total. The highest BCUT2D eigenvalue weighted by atomic mass is 14.7. The zero-order valence-electron chi connectivity index (χ0n) is 11.7. The highest BCUT2D eigenvalue weighted by molar-refractivity contribution is 5.02. The van der Waals surface area contributed by atoms with Gasteiger partial charge in [-0.25, -0.2) is 0 Å². The summed E-state index contributed by atoms with van der Waals surface area (Å²) in [6, 6.07) is 0.556. The first kappa shape index (κ1) is 11.8. The van der Waals surface area contributed by atoms with Gasteiger partial charge in [0.25, 0.3) is 0 Å². The summed E-state index contributed by atoms with van der Waals surface area (Å²) in [6.07, 6.45) is 15.0.